The highest BCUT2D eigenvalue weighted by Crippen LogP contribution is 2.28. The second-order valence-corrected chi connectivity index (χ2v) is 6.62. The monoisotopic (exact) mass is 280 g/mol. The van der Waals surface area contributed by atoms with E-state index in [1.165, 1.54) is 56.5 Å². The number of nitrogens with one attached hydrogen (secondary N) is 1. The molecule has 2 nitrogen and oxygen atoms in total. The summed E-state index contributed by atoms with van der Waals surface area (Å²) in [7, 11) is 0. The quantitative estimate of drug-likeness (QED) is 0.619. The lowest BCUT2D eigenvalue weighted by atomic mass is 10.2. The lowest BCUT2D eigenvalue weighted by molar-refractivity contribution is 0.256. The van der Waals surface area contributed by atoms with Crippen molar-refractivity contribution in [1.82, 2.24) is 10.2 Å². The van der Waals surface area contributed by atoms with Crippen molar-refractivity contribution in [3.05, 3.63) is 22.4 Å². The number of rotatable bonds is 11. The summed E-state index contributed by atoms with van der Waals surface area (Å²) in [4.78, 5) is 4.17. The van der Waals surface area contributed by atoms with Crippen LogP contribution in [0.25, 0.3) is 0 Å². The fraction of sp³-hybridized carbons (Fsp3) is 0.750. The minimum Gasteiger partial charge on any atom is -0.315 e. The molecule has 1 fully saturated rings. The van der Waals surface area contributed by atoms with Gasteiger partial charge in [0.1, 0.15) is 0 Å². The summed E-state index contributed by atoms with van der Waals surface area (Å²) >= 11 is 1.89. The predicted octanol–water partition coefficient (Wildman–Crippen LogP) is 3.88. The van der Waals surface area contributed by atoms with Gasteiger partial charge in [0.05, 0.1) is 0 Å². The van der Waals surface area contributed by atoms with E-state index in [-0.39, 0.29) is 0 Å². The SMILES string of the molecule is CCCCCCNCCN(Cc1cccs1)C1CC1. The molecule has 1 aromatic heterocycles. The first-order chi connectivity index (χ1) is 9.40. The maximum atomic E-state index is 3.60. The van der Waals surface area contributed by atoms with Crippen LogP contribution in [-0.4, -0.2) is 30.6 Å². The summed E-state index contributed by atoms with van der Waals surface area (Å²) < 4.78 is 0. The van der Waals surface area contributed by atoms with Gasteiger partial charge in [0.15, 0.2) is 0 Å². The van der Waals surface area contributed by atoms with Crippen LogP contribution in [0.15, 0.2) is 17.5 Å². The predicted molar refractivity (Wildman–Crippen MR) is 84.8 cm³/mol. The largest absolute Gasteiger partial charge is 0.315 e. The molecule has 1 aromatic rings. The van der Waals surface area contributed by atoms with Crippen LogP contribution < -0.4 is 5.32 Å². The van der Waals surface area contributed by atoms with Gasteiger partial charge in [0.25, 0.3) is 0 Å². The molecule has 1 aliphatic rings. The van der Waals surface area contributed by atoms with Crippen molar-refractivity contribution in [3.8, 4) is 0 Å². The normalized spacial score (nSPS) is 15.3. The molecule has 1 heterocycles. The molecule has 3 heteroatoms. The van der Waals surface area contributed by atoms with Gasteiger partial charge >= 0.3 is 0 Å². The molecule has 0 aromatic carbocycles. The maximum absolute atomic E-state index is 3.60. The zero-order chi connectivity index (χ0) is 13.3. The highest BCUT2D eigenvalue weighted by molar-refractivity contribution is 7.09. The zero-order valence-corrected chi connectivity index (χ0v) is 13.1. The molecule has 0 atom stereocenters. The molecular formula is C16H28N2S. The van der Waals surface area contributed by atoms with Gasteiger partial charge in [-0.2, -0.15) is 0 Å². The van der Waals surface area contributed by atoms with Gasteiger partial charge in [-0.15, -0.1) is 11.3 Å². The van der Waals surface area contributed by atoms with Gasteiger partial charge in [-0.25, -0.2) is 0 Å². The van der Waals surface area contributed by atoms with Crippen molar-refractivity contribution < 1.29 is 0 Å². The number of hydrogen-bond donors (Lipinski definition) is 1. The Morgan fingerprint density at radius 1 is 1.26 bits per heavy atom. The first-order valence-electron chi connectivity index (χ1n) is 7.87. The van der Waals surface area contributed by atoms with Crippen LogP contribution in [0.3, 0.4) is 0 Å². The Labute approximate surface area is 122 Å². The first-order valence-corrected chi connectivity index (χ1v) is 8.75. The Kier molecular flexibility index (Phi) is 6.90. The van der Waals surface area contributed by atoms with Gasteiger partial charge in [0.2, 0.25) is 0 Å². The minimum absolute atomic E-state index is 0.865. The molecule has 0 radical (unpaired) electrons. The topological polar surface area (TPSA) is 15.3 Å². The second kappa shape index (κ2) is 8.72. The van der Waals surface area contributed by atoms with E-state index < -0.39 is 0 Å². The zero-order valence-electron chi connectivity index (χ0n) is 12.2. The molecule has 2 rings (SSSR count). The van der Waals surface area contributed by atoms with E-state index in [0.29, 0.717) is 0 Å². The minimum atomic E-state index is 0.865. The number of hydrogen-bond acceptors (Lipinski definition) is 3. The molecule has 0 saturated heterocycles. The van der Waals surface area contributed by atoms with E-state index in [2.05, 4.69) is 34.7 Å². The third kappa shape index (κ3) is 6.07. The van der Waals surface area contributed by atoms with Crippen LogP contribution in [-0.2, 0) is 6.54 Å². The summed E-state index contributed by atoms with van der Waals surface area (Å²) in [5.41, 5.74) is 0. The summed E-state index contributed by atoms with van der Waals surface area (Å²) in [5.74, 6) is 0. The van der Waals surface area contributed by atoms with Gasteiger partial charge in [-0.05, 0) is 37.3 Å². The van der Waals surface area contributed by atoms with E-state index >= 15 is 0 Å². The summed E-state index contributed by atoms with van der Waals surface area (Å²) in [5, 5.41) is 5.79. The van der Waals surface area contributed by atoms with E-state index in [9.17, 15) is 0 Å². The molecule has 0 aliphatic heterocycles. The molecular weight excluding hydrogens is 252 g/mol. The van der Waals surface area contributed by atoms with Gasteiger partial charge < -0.3 is 5.32 Å². The second-order valence-electron chi connectivity index (χ2n) is 5.59. The number of thiophene rings is 1. The smallest absolute Gasteiger partial charge is 0.0331 e. The Morgan fingerprint density at radius 3 is 2.84 bits per heavy atom. The Bertz CT molecular complexity index is 319. The lowest BCUT2D eigenvalue weighted by Gasteiger charge is -2.21. The van der Waals surface area contributed by atoms with Crippen LogP contribution in [0.1, 0.15) is 50.3 Å². The fourth-order valence-electron chi connectivity index (χ4n) is 2.46. The molecule has 108 valence electrons. The molecule has 1 saturated carbocycles. The highest BCUT2D eigenvalue weighted by Gasteiger charge is 2.28. The van der Waals surface area contributed by atoms with E-state index in [4.69, 9.17) is 0 Å². The van der Waals surface area contributed by atoms with E-state index in [1.807, 2.05) is 11.3 Å². The maximum Gasteiger partial charge on any atom is 0.0331 e. The van der Waals surface area contributed by atoms with Gasteiger partial charge in [0, 0.05) is 30.6 Å². The van der Waals surface area contributed by atoms with E-state index in [0.717, 1.165) is 19.1 Å². The number of unbranched alkanes of at least 4 members (excludes halogenated alkanes) is 3. The fourth-order valence-corrected chi connectivity index (χ4v) is 3.19. The average Bonchev–Trinajstić information content (AvgIpc) is 3.14. The third-order valence-corrected chi connectivity index (χ3v) is 4.65. The van der Waals surface area contributed by atoms with Crippen molar-refractivity contribution in [1.29, 1.82) is 0 Å². The van der Waals surface area contributed by atoms with Crippen LogP contribution in [0.5, 0.6) is 0 Å². The lowest BCUT2D eigenvalue weighted by Crippen LogP contribution is -2.33. The molecule has 0 bridgehead atoms. The van der Waals surface area contributed by atoms with Gasteiger partial charge in [-0.1, -0.05) is 32.3 Å². The van der Waals surface area contributed by atoms with Crippen LogP contribution in [0.2, 0.25) is 0 Å². The number of nitrogens with zero attached hydrogens (tertiary/aromatic N) is 1. The Balaban J connectivity index is 1.56. The molecule has 1 N–H and O–H groups in total. The summed E-state index contributed by atoms with van der Waals surface area (Å²) in [6.45, 7) is 6.97. The molecule has 0 spiro atoms. The standard InChI is InChI=1S/C16H28N2S/c1-2-3-4-5-10-17-11-12-18(15-8-9-15)14-16-7-6-13-19-16/h6-7,13,15,17H,2-5,8-12,14H2,1H3. The summed E-state index contributed by atoms with van der Waals surface area (Å²) in [6, 6.07) is 5.29. The molecule has 0 unspecified atom stereocenters. The van der Waals surface area contributed by atoms with Gasteiger partial charge in [-0.3, -0.25) is 4.90 Å². The van der Waals surface area contributed by atoms with Crippen LogP contribution in [0.4, 0.5) is 0 Å². The molecule has 0 amide bonds. The van der Waals surface area contributed by atoms with Crippen LogP contribution in [0, 0.1) is 0 Å². The Hall–Kier alpha value is -0.380. The van der Waals surface area contributed by atoms with Crippen molar-refractivity contribution in [2.75, 3.05) is 19.6 Å². The van der Waals surface area contributed by atoms with Crippen molar-refractivity contribution in [2.45, 2.75) is 58.0 Å². The van der Waals surface area contributed by atoms with Crippen molar-refractivity contribution in [2.24, 2.45) is 0 Å². The van der Waals surface area contributed by atoms with Crippen LogP contribution >= 0.6 is 11.3 Å². The first kappa shape index (κ1) is 15.0. The molecule has 19 heavy (non-hydrogen) atoms. The highest BCUT2D eigenvalue weighted by atomic mass is 32.1. The summed E-state index contributed by atoms with van der Waals surface area (Å²) in [6.07, 6.45) is 8.24. The average molecular weight is 280 g/mol. The Morgan fingerprint density at radius 2 is 2.16 bits per heavy atom. The van der Waals surface area contributed by atoms with Crippen molar-refractivity contribution in [3.63, 3.8) is 0 Å². The van der Waals surface area contributed by atoms with Crippen molar-refractivity contribution >= 4 is 11.3 Å². The van der Waals surface area contributed by atoms with E-state index in [1.54, 1.807) is 0 Å². The third-order valence-electron chi connectivity index (χ3n) is 3.79. The molecule has 1 aliphatic carbocycles.